The molecule has 2 rings (SSSR count). The molecule has 0 saturated carbocycles. The number of aromatic nitrogens is 1. The van der Waals surface area contributed by atoms with Crippen LogP contribution in [0, 0.1) is 0 Å². The minimum absolute atomic E-state index is 0.0235. The summed E-state index contributed by atoms with van der Waals surface area (Å²) in [7, 11) is 0. The fourth-order valence-corrected chi connectivity index (χ4v) is 2.23. The standard InChI is InChI=1S/C15H17N3OS/c1-2-12(9-14(16)20)18-15(19)11-5-6-13-10(8-11)4-3-7-17-13/h3-8,12H,2,9H2,1H3,(H2,16,20)(H,18,19). The van der Waals surface area contributed by atoms with E-state index >= 15 is 0 Å². The van der Waals surface area contributed by atoms with Crippen molar-refractivity contribution in [3.05, 3.63) is 42.1 Å². The van der Waals surface area contributed by atoms with Crippen molar-refractivity contribution in [1.82, 2.24) is 10.3 Å². The number of hydrogen-bond donors (Lipinski definition) is 2. The van der Waals surface area contributed by atoms with Crippen molar-refractivity contribution in [1.29, 1.82) is 0 Å². The van der Waals surface area contributed by atoms with E-state index in [2.05, 4.69) is 10.3 Å². The fourth-order valence-electron chi connectivity index (χ4n) is 2.03. The third kappa shape index (κ3) is 3.51. The fraction of sp³-hybridized carbons (Fsp3) is 0.267. The summed E-state index contributed by atoms with van der Waals surface area (Å²) in [6, 6.07) is 9.23. The minimum atomic E-state index is -0.112. The minimum Gasteiger partial charge on any atom is -0.393 e. The Kier molecular flexibility index (Phi) is 4.63. The molecule has 20 heavy (non-hydrogen) atoms. The van der Waals surface area contributed by atoms with Crippen molar-refractivity contribution in [3.63, 3.8) is 0 Å². The number of hydrogen-bond acceptors (Lipinski definition) is 3. The Hall–Kier alpha value is -2.01. The molecule has 0 saturated heterocycles. The average molecular weight is 287 g/mol. The molecule has 1 heterocycles. The summed E-state index contributed by atoms with van der Waals surface area (Å²) in [6.07, 6.45) is 3.04. The van der Waals surface area contributed by atoms with Crippen LogP contribution in [0.3, 0.4) is 0 Å². The number of benzene rings is 1. The van der Waals surface area contributed by atoms with E-state index in [0.717, 1.165) is 17.3 Å². The van der Waals surface area contributed by atoms with Crippen LogP contribution in [0.5, 0.6) is 0 Å². The second-order valence-electron chi connectivity index (χ2n) is 4.66. The van der Waals surface area contributed by atoms with E-state index in [1.807, 2.05) is 31.2 Å². The van der Waals surface area contributed by atoms with Gasteiger partial charge in [0.1, 0.15) is 0 Å². The Bertz CT molecular complexity index is 642. The van der Waals surface area contributed by atoms with E-state index in [1.165, 1.54) is 0 Å². The van der Waals surface area contributed by atoms with Gasteiger partial charge in [-0.05, 0) is 30.7 Å². The van der Waals surface area contributed by atoms with Crippen molar-refractivity contribution in [2.75, 3.05) is 0 Å². The molecular weight excluding hydrogens is 270 g/mol. The molecule has 0 aliphatic rings. The number of thiocarbonyl (C=S) groups is 1. The Balaban J connectivity index is 2.16. The van der Waals surface area contributed by atoms with E-state index in [1.54, 1.807) is 12.3 Å². The van der Waals surface area contributed by atoms with Gasteiger partial charge in [0, 0.05) is 29.6 Å². The molecule has 4 nitrogen and oxygen atoms in total. The number of nitrogens with one attached hydrogen (secondary N) is 1. The zero-order chi connectivity index (χ0) is 14.5. The van der Waals surface area contributed by atoms with Gasteiger partial charge in [-0.3, -0.25) is 9.78 Å². The number of rotatable bonds is 5. The third-order valence-corrected chi connectivity index (χ3v) is 3.31. The quantitative estimate of drug-likeness (QED) is 0.829. The highest BCUT2D eigenvalue weighted by Gasteiger charge is 2.13. The molecule has 0 spiro atoms. The highest BCUT2D eigenvalue weighted by Crippen LogP contribution is 2.13. The molecule has 1 amide bonds. The van der Waals surface area contributed by atoms with Crippen LogP contribution in [-0.2, 0) is 0 Å². The molecule has 1 unspecified atom stereocenters. The molecule has 3 N–H and O–H groups in total. The molecule has 0 aliphatic carbocycles. The second kappa shape index (κ2) is 6.43. The van der Waals surface area contributed by atoms with E-state index in [4.69, 9.17) is 18.0 Å². The molecule has 5 heteroatoms. The van der Waals surface area contributed by atoms with Gasteiger partial charge in [0.05, 0.1) is 10.5 Å². The summed E-state index contributed by atoms with van der Waals surface area (Å²) in [5.41, 5.74) is 7.02. The summed E-state index contributed by atoms with van der Waals surface area (Å²) in [6.45, 7) is 1.99. The molecule has 0 aliphatic heterocycles. The van der Waals surface area contributed by atoms with E-state index < -0.39 is 0 Å². The van der Waals surface area contributed by atoms with Gasteiger partial charge in [0.2, 0.25) is 0 Å². The Labute approximate surface area is 123 Å². The molecule has 0 radical (unpaired) electrons. The summed E-state index contributed by atoms with van der Waals surface area (Å²) in [4.78, 5) is 16.9. The van der Waals surface area contributed by atoms with Crippen LogP contribution in [0.1, 0.15) is 30.1 Å². The van der Waals surface area contributed by atoms with Crippen LogP contribution in [0.15, 0.2) is 36.5 Å². The first-order chi connectivity index (χ1) is 9.60. The van der Waals surface area contributed by atoms with Crippen molar-refractivity contribution >= 4 is 34.0 Å². The number of nitrogens with zero attached hydrogens (tertiary/aromatic N) is 1. The lowest BCUT2D eigenvalue weighted by atomic mass is 10.1. The van der Waals surface area contributed by atoms with E-state index in [-0.39, 0.29) is 11.9 Å². The normalized spacial score (nSPS) is 12.1. The predicted molar refractivity (Wildman–Crippen MR) is 84.7 cm³/mol. The Morgan fingerprint density at radius 3 is 2.95 bits per heavy atom. The van der Waals surface area contributed by atoms with Gasteiger partial charge in [-0.1, -0.05) is 25.2 Å². The lowest BCUT2D eigenvalue weighted by Crippen LogP contribution is -2.37. The topological polar surface area (TPSA) is 68.0 Å². The maximum atomic E-state index is 12.2. The first-order valence-corrected chi connectivity index (χ1v) is 6.95. The predicted octanol–water partition coefficient (Wildman–Crippen LogP) is 2.42. The van der Waals surface area contributed by atoms with Crippen LogP contribution in [-0.4, -0.2) is 21.9 Å². The summed E-state index contributed by atoms with van der Waals surface area (Å²) in [5.74, 6) is -0.112. The first kappa shape index (κ1) is 14.4. The lowest BCUT2D eigenvalue weighted by Gasteiger charge is -2.16. The zero-order valence-corrected chi connectivity index (χ0v) is 12.1. The highest BCUT2D eigenvalue weighted by molar-refractivity contribution is 7.80. The summed E-state index contributed by atoms with van der Waals surface area (Å²) >= 11 is 4.89. The van der Waals surface area contributed by atoms with Crippen molar-refractivity contribution < 1.29 is 4.79 Å². The number of fused-ring (bicyclic) bond motifs is 1. The number of pyridine rings is 1. The molecule has 104 valence electrons. The largest absolute Gasteiger partial charge is 0.393 e. The Morgan fingerprint density at radius 2 is 2.25 bits per heavy atom. The van der Waals surface area contributed by atoms with Crippen LogP contribution in [0.25, 0.3) is 10.9 Å². The maximum absolute atomic E-state index is 12.2. The lowest BCUT2D eigenvalue weighted by molar-refractivity contribution is 0.0937. The number of nitrogens with two attached hydrogens (primary N) is 1. The molecule has 2 aromatic rings. The smallest absolute Gasteiger partial charge is 0.251 e. The molecule has 0 bridgehead atoms. The molecule has 1 aromatic carbocycles. The van der Waals surface area contributed by atoms with Gasteiger partial charge < -0.3 is 11.1 Å². The average Bonchev–Trinajstić information content (AvgIpc) is 2.45. The first-order valence-electron chi connectivity index (χ1n) is 6.54. The van der Waals surface area contributed by atoms with Crippen molar-refractivity contribution in [2.24, 2.45) is 5.73 Å². The number of amides is 1. The van der Waals surface area contributed by atoms with Gasteiger partial charge in [0.15, 0.2) is 0 Å². The van der Waals surface area contributed by atoms with Crippen LogP contribution in [0.2, 0.25) is 0 Å². The van der Waals surface area contributed by atoms with Gasteiger partial charge in [0.25, 0.3) is 5.91 Å². The van der Waals surface area contributed by atoms with E-state index in [0.29, 0.717) is 17.0 Å². The summed E-state index contributed by atoms with van der Waals surface area (Å²) < 4.78 is 0. The molecule has 1 atom stereocenters. The van der Waals surface area contributed by atoms with Crippen LogP contribution in [0.4, 0.5) is 0 Å². The SMILES string of the molecule is CCC(CC(N)=S)NC(=O)c1ccc2ncccc2c1. The highest BCUT2D eigenvalue weighted by atomic mass is 32.1. The van der Waals surface area contributed by atoms with Gasteiger partial charge in [-0.15, -0.1) is 0 Å². The third-order valence-electron chi connectivity index (χ3n) is 3.14. The molecule has 1 aromatic heterocycles. The molecular formula is C15H17N3OS. The van der Waals surface area contributed by atoms with Gasteiger partial charge in [-0.2, -0.15) is 0 Å². The second-order valence-corrected chi connectivity index (χ2v) is 5.18. The van der Waals surface area contributed by atoms with Crippen molar-refractivity contribution in [3.8, 4) is 0 Å². The molecule has 0 fully saturated rings. The van der Waals surface area contributed by atoms with Crippen LogP contribution < -0.4 is 11.1 Å². The summed E-state index contributed by atoms with van der Waals surface area (Å²) in [5, 5.41) is 3.90. The number of carbonyl (C=O) groups is 1. The van der Waals surface area contributed by atoms with Gasteiger partial charge in [-0.25, -0.2) is 0 Å². The monoisotopic (exact) mass is 287 g/mol. The maximum Gasteiger partial charge on any atom is 0.251 e. The van der Waals surface area contributed by atoms with E-state index in [9.17, 15) is 4.79 Å². The van der Waals surface area contributed by atoms with Crippen LogP contribution >= 0.6 is 12.2 Å². The van der Waals surface area contributed by atoms with Crippen molar-refractivity contribution in [2.45, 2.75) is 25.8 Å². The Morgan fingerprint density at radius 1 is 1.45 bits per heavy atom. The zero-order valence-electron chi connectivity index (χ0n) is 11.3. The number of carbonyl (C=O) groups excluding carboxylic acids is 1. The van der Waals surface area contributed by atoms with Gasteiger partial charge >= 0.3 is 0 Å².